The van der Waals surface area contributed by atoms with Crippen LogP contribution < -0.4 is 0 Å². The first kappa shape index (κ1) is 15.2. The molecule has 3 nitrogen and oxygen atoms in total. The van der Waals surface area contributed by atoms with Gasteiger partial charge in [-0.05, 0) is 31.9 Å². The summed E-state index contributed by atoms with van der Waals surface area (Å²) >= 11 is 0. The molecular formula is C17H25NO2. The van der Waals surface area contributed by atoms with Gasteiger partial charge in [-0.1, -0.05) is 24.6 Å². The lowest BCUT2D eigenvalue weighted by molar-refractivity contribution is 0.0312. The van der Waals surface area contributed by atoms with Gasteiger partial charge >= 0.3 is 0 Å². The van der Waals surface area contributed by atoms with E-state index in [2.05, 4.69) is 24.0 Å². The Hall–Kier alpha value is -1.19. The maximum atomic E-state index is 12.7. The van der Waals surface area contributed by atoms with Crippen LogP contribution >= 0.6 is 0 Å². The molecule has 1 aromatic carbocycles. The van der Waals surface area contributed by atoms with E-state index in [4.69, 9.17) is 4.74 Å². The Morgan fingerprint density at radius 3 is 2.30 bits per heavy atom. The van der Waals surface area contributed by atoms with Crippen molar-refractivity contribution in [1.82, 2.24) is 4.90 Å². The van der Waals surface area contributed by atoms with E-state index in [1.165, 1.54) is 5.56 Å². The maximum absolute atomic E-state index is 12.7. The van der Waals surface area contributed by atoms with Crippen LogP contribution in [0.3, 0.4) is 0 Å². The zero-order valence-corrected chi connectivity index (χ0v) is 13.0. The Morgan fingerprint density at radius 2 is 1.75 bits per heavy atom. The normalized spacial score (nSPS) is 18.0. The molecule has 1 atom stereocenters. The van der Waals surface area contributed by atoms with Crippen molar-refractivity contribution in [3.63, 3.8) is 0 Å². The highest BCUT2D eigenvalue weighted by atomic mass is 16.5. The summed E-state index contributed by atoms with van der Waals surface area (Å²) in [6, 6.07) is 4.20. The van der Waals surface area contributed by atoms with Gasteiger partial charge in [0.15, 0.2) is 5.78 Å². The first-order valence-electron chi connectivity index (χ1n) is 7.41. The fourth-order valence-electron chi connectivity index (χ4n) is 3.07. The summed E-state index contributed by atoms with van der Waals surface area (Å²) in [6.07, 6.45) is 0. The van der Waals surface area contributed by atoms with Gasteiger partial charge in [0.25, 0.3) is 0 Å². The molecule has 0 N–H and O–H groups in total. The lowest BCUT2D eigenvalue weighted by Gasteiger charge is -2.29. The highest BCUT2D eigenvalue weighted by molar-refractivity contribution is 6.00. The minimum atomic E-state index is 0.0354. The van der Waals surface area contributed by atoms with E-state index in [9.17, 15) is 4.79 Å². The third kappa shape index (κ3) is 3.47. The lowest BCUT2D eigenvalue weighted by Crippen LogP contribution is -2.40. The summed E-state index contributed by atoms with van der Waals surface area (Å²) in [6.45, 7) is 12.4. The number of nitrogens with zero attached hydrogens (tertiary/aromatic N) is 1. The van der Waals surface area contributed by atoms with Crippen molar-refractivity contribution in [3.8, 4) is 0 Å². The van der Waals surface area contributed by atoms with E-state index in [0.29, 0.717) is 0 Å². The average Bonchev–Trinajstić information content (AvgIpc) is 2.38. The molecule has 0 aromatic heterocycles. The third-order valence-electron chi connectivity index (χ3n) is 4.01. The average molecular weight is 275 g/mol. The molecule has 1 unspecified atom stereocenters. The third-order valence-corrected chi connectivity index (χ3v) is 4.01. The quantitative estimate of drug-likeness (QED) is 0.791. The van der Waals surface area contributed by atoms with Gasteiger partial charge < -0.3 is 4.74 Å². The van der Waals surface area contributed by atoms with Gasteiger partial charge in [0, 0.05) is 31.1 Å². The van der Waals surface area contributed by atoms with Crippen LogP contribution in [0.15, 0.2) is 12.1 Å². The van der Waals surface area contributed by atoms with Crippen LogP contribution in [0.1, 0.15) is 34.0 Å². The van der Waals surface area contributed by atoms with Crippen LogP contribution in [0.5, 0.6) is 0 Å². The zero-order chi connectivity index (χ0) is 14.7. The van der Waals surface area contributed by atoms with E-state index in [0.717, 1.165) is 49.5 Å². The predicted octanol–water partition coefficient (Wildman–Crippen LogP) is 2.76. The van der Waals surface area contributed by atoms with Gasteiger partial charge in [-0.25, -0.2) is 0 Å². The standard InChI is InChI=1S/C17H25NO2/c1-12-9-13(2)16(14(3)10-12)17(19)15(4)11-18-5-7-20-8-6-18/h9-10,15H,5-8,11H2,1-4H3. The Labute approximate surface area is 121 Å². The van der Waals surface area contributed by atoms with E-state index in [1.54, 1.807) is 0 Å². The summed E-state index contributed by atoms with van der Waals surface area (Å²) in [7, 11) is 0. The number of benzene rings is 1. The number of carbonyl (C=O) groups is 1. The SMILES string of the molecule is Cc1cc(C)c(C(=O)C(C)CN2CCOCC2)c(C)c1. The molecular weight excluding hydrogens is 250 g/mol. The molecule has 1 heterocycles. The second-order valence-electron chi connectivity index (χ2n) is 5.95. The second-order valence-corrected chi connectivity index (χ2v) is 5.95. The lowest BCUT2D eigenvalue weighted by atomic mass is 9.90. The van der Waals surface area contributed by atoms with E-state index < -0.39 is 0 Å². The fraction of sp³-hybridized carbons (Fsp3) is 0.588. The monoisotopic (exact) mass is 275 g/mol. The number of aryl methyl sites for hydroxylation is 3. The molecule has 1 fully saturated rings. The van der Waals surface area contributed by atoms with Crippen LogP contribution in [-0.4, -0.2) is 43.5 Å². The van der Waals surface area contributed by atoms with Gasteiger partial charge in [0.1, 0.15) is 0 Å². The van der Waals surface area contributed by atoms with E-state index in [1.807, 2.05) is 20.8 Å². The van der Waals surface area contributed by atoms with E-state index >= 15 is 0 Å². The smallest absolute Gasteiger partial charge is 0.167 e. The summed E-state index contributed by atoms with van der Waals surface area (Å²) in [4.78, 5) is 15.0. The molecule has 0 saturated carbocycles. The number of ketones is 1. The van der Waals surface area contributed by atoms with Gasteiger partial charge in [-0.3, -0.25) is 9.69 Å². The Balaban J connectivity index is 2.10. The van der Waals surface area contributed by atoms with Crippen molar-refractivity contribution in [1.29, 1.82) is 0 Å². The Kier molecular flexibility index (Phi) is 4.95. The number of hydrogen-bond donors (Lipinski definition) is 0. The van der Waals surface area contributed by atoms with Gasteiger partial charge in [-0.2, -0.15) is 0 Å². The topological polar surface area (TPSA) is 29.5 Å². The summed E-state index contributed by atoms with van der Waals surface area (Å²) < 4.78 is 5.35. The second kappa shape index (κ2) is 6.51. The van der Waals surface area contributed by atoms with E-state index in [-0.39, 0.29) is 11.7 Å². The number of morpholine rings is 1. The fourth-order valence-corrected chi connectivity index (χ4v) is 3.07. The van der Waals surface area contributed by atoms with Gasteiger partial charge in [0.2, 0.25) is 0 Å². The van der Waals surface area contributed by atoms with Crippen LogP contribution in [0.25, 0.3) is 0 Å². The van der Waals surface area contributed by atoms with Crippen molar-refractivity contribution in [2.45, 2.75) is 27.7 Å². The number of Topliss-reactive ketones (excluding diaryl/α,β-unsaturated/α-hetero) is 1. The molecule has 2 rings (SSSR count). The Morgan fingerprint density at radius 1 is 1.20 bits per heavy atom. The molecule has 1 aliphatic rings. The van der Waals surface area contributed by atoms with Gasteiger partial charge in [-0.15, -0.1) is 0 Å². The molecule has 20 heavy (non-hydrogen) atoms. The van der Waals surface area contributed by atoms with Gasteiger partial charge in [0.05, 0.1) is 13.2 Å². The molecule has 0 spiro atoms. The van der Waals surface area contributed by atoms with Crippen molar-refractivity contribution in [2.24, 2.45) is 5.92 Å². The highest BCUT2D eigenvalue weighted by Gasteiger charge is 2.22. The Bertz CT molecular complexity index is 467. The molecule has 0 radical (unpaired) electrons. The van der Waals surface area contributed by atoms with Crippen LogP contribution in [-0.2, 0) is 4.74 Å². The number of carbonyl (C=O) groups excluding carboxylic acids is 1. The van der Waals surface area contributed by atoms with Crippen LogP contribution in [0.2, 0.25) is 0 Å². The zero-order valence-electron chi connectivity index (χ0n) is 13.0. The molecule has 110 valence electrons. The minimum Gasteiger partial charge on any atom is -0.379 e. The summed E-state index contributed by atoms with van der Waals surface area (Å²) in [5.41, 5.74) is 4.33. The van der Waals surface area contributed by atoms with Crippen LogP contribution in [0, 0.1) is 26.7 Å². The molecule has 0 amide bonds. The number of ether oxygens (including phenoxy) is 1. The largest absolute Gasteiger partial charge is 0.379 e. The van der Waals surface area contributed by atoms with Crippen molar-refractivity contribution >= 4 is 5.78 Å². The number of hydrogen-bond acceptors (Lipinski definition) is 3. The molecule has 1 aliphatic heterocycles. The molecule has 1 saturated heterocycles. The van der Waals surface area contributed by atoms with Crippen molar-refractivity contribution < 1.29 is 9.53 Å². The predicted molar refractivity (Wildman–Crippen MR) is 81.4 cm³/mol. The molecule has 0 bridgehead atoms. The molecule has 3 heteroatoms. The highest BCUT2D eigenvalue weighted by Crippen LogP contribution is 2.20. The minimum absolute atomic E-state index is 0.0354. The summed E-state index contributed by atoms with van der Waals surface area (Å²) in [5, 5.41) is 0. The first-order chi connectivity index (χ1) is 9.49. The molecule has 0 aliphatic carbocycles. The van der Waals surface area contributed by atoms with Crippen molar-refractivity contribution in [3.05, 3.63) is 34.4 Å². The maximum Gasteiger partial charge on any atom is 0.167 e. The number of rotatable bonds is 4. The molecule has 1 aromatic rings. The first-order valence-corrected chi connectivity index (χ1v) is 7.41. The summed E-state index contributed by atoms with van der Waals surface area (Å²) in [5.74, 6) is 0.305. The van der Waals surface area contributed by atoms with Crippen LogP contribution in [0.4, 0.5) is 0 Å². The van der Waals surface area contributed by atoms with Crippen molar-refractivity contribution in [2.75, 3.05) is 32.8 Å².